The van der Waals surface area contributed by atoms with E-state index in [-0.39, 0.29) is 18.1 Å². The summed E-state index contributed by atoms with van der Waals surface area (Å²) < 4.78 is 5.92. The molecule has 1 aliphatic carbocycles. The van der Waals surface area contributed by atoms with E-state index in [1.165, 1.54) is 11.3 Å². The highest BCUT2D eigenvalue weighted by atomic mass is 32.1. The van der Waals surface area contributed by atoms with Crippen LogP contribution in [0.1, 0.15) is 52.4 Å². The van der Waals surface area contributed by atoms with Crippen molar-refractivity contribution in [2.24, 2.45) is 0 Å². The average Bonchev–Trinajstić information content (AvgIpc) is 2.94. The largest absolute Gasteiger partial charge is 0.460 e. The first-order chi connectivity index (χ1) is 11.5. The second-order valence-electron chi connectivity index (χ2n) is 6.27. The van der Waals surface area contributed by atoms with E-state index in [0.29, 0.717) is 10.9 Å². The third-order valence-electron chi connectivity index (χ3n) is 4.20. The third kappa shape index (κ3) is 4.08. The van der Waals surface area contributed by atoms with E-state index in [2.05, 4.69) is 20.3 Å². The van der Waals surface area contributed by atoms with Crippen LogP contribution in [0.4, 0.5) is 0 Å². The third-order valence-corrected chi connectivity index (χ3v) is 5.12. The molecule has 2 aromatic rings. The van der Waals surface area contributed by atoms with Crippen molar-refractivity contribution in [3.8, 4) is 6.01 Å². The first-order valence-corrected chi connectivity index (χ1v) is 9.09. The van der Waals surface area contributed by atoms with Crippen molar-refractivity contribution in [1.82, 2.24) is 20.3 Å². The van der Waals surface area contributed by atoms with Crippen molar-refractivity contribution in [3.05, 3.63) is 33.5 Å². The smallest absolute Gasteiger partial charge is 0.317 e. The maximum absolute atomic E-state index is 12.3. The van der Waals surface area contributed by atoms with Crippen molar-refractivity contribution in [2.45, 2.75) is 58.6 Å². The van der Waals surface area contributed by atoms with Gasteiger partial charge in [-0.2, -0.15) is 0 Å². The van der Waals surface area contributed by atoms with E-state index in [1.807, 2.05) is 26.8 Å². The summed E-state index contributed by atoms with van der Waals surface area (Å²) in [5.41, 5.74) is 4.33. The molecule has 0 radical (unpaired) electrons. The summed E-state index contributed by atoms with van der Waals surface area (Å²) in [6.45, 7) is 5.74. The van der Waals surface area contributed by atoms with Crippen LogP contribution >= 0.6 is 11.3 Å². The number of thiazole rings is 1. The number of rotatable bonds is 4. The number of aryl methyl sites for hydroxylation is 3. The molecule has 1 fully saturated rings. The molecule has 1 saturated carbocycles. The number of amides is 1. The van der Waals surface area contributed by atoms with Gasteiger partial charge in [0.25, 0.3) is 5.91 Å². The summed E-state index contributed by atoms with van der Waals surface area (Å²) in [6, 6.07) is 2.58. The molecule has 24 heavy (non-hydrogen) atoms. The van der Waals surface area contributed by atoms with E-state index in [4.69, 9.17) is 4.74 Å². The number of carbonyl (C=O) groups is 1. The monoisotopic (exact) mass is 346 g/mol. The highest BCUT2D eigenvalue weighted by Crippen LogP contribution is 2.23. The molecule has 128 valence electrons. The molecule has 0 bridgehead atoms. The van der Waals surface area contributed by atoms with Gasteiger partial charge in [0.2, 0.25) is 0 Å². The van der Waals surface area contributed by atoms with Crippen molar-refractivity contribution in [1.29, 1.82) is 0 Å². The van der Waals surface area contributed by atoms with Gasteiger partial charge < -0.3 is 10.1 Å². The Labute approximate surface area is 145 Å². The van der Waals surface area contributed by atoms with Crippen LogP contribution in [0.15, 0.2) is 11.6 Å². The Hall–Kier alpha value is -2.02. The fourth-order valence-corrected chi connectivity index (χ4v) is 3.70. The van der Waals surface area contributed by atoms with Crippen LogP contribution in [0.3, 0.4) is 0 Å². The van der Waals surface area contributed by atoms with Gasteiger partial charge in [-0.25, -0.2) is 15.0 Å². The first-order valence-electron chi connectivity index (χ1n) is 8.21. The van der Waals surface area contributed by atoms with Gasteiger partial charge >= 0.3 is 6.01 Å². The van der Waals surface area contributed by atoms with Gasteiger partial charge in [0.15, 0.2) is 0 Å². The zero-order chi connectivity index (χ0) is 17.1. The molecule has 0 unspecified atom stereocenters. The Morgan fingerprint density at radius 3 is 2.42 bits per heavy atom. The molecular formula is C17H22N4O2S. The molecule has 0 saturated heterocycles. The number of hydrogen-bond acceptors (Lipinski definition) is 6. The molecule has 0 atom stereocenters. The van der Waals surface area contributed by atoms with E-state index in [0.717, 1.165) is 42.8 Å². The summed E-state index contributed by atoms with van der Waals surface area (Å²) in [5, 5.41) is 3.11. The van der Waals surface area contributed by atoms with Crippen LogP contribution in [0.2, 0.25) is 0 Å². The summed E-state index contributed by atoms with van der Waals surface area (Å²) in [5.74, 6) is -0.0167. The molecule has 1 amide bonds. The van der Waals surface area contributed by atoms with Crippen LogP contribution < -0.4 is 10.1 Å². The van der Waals surface area contributed by atoms with Gasteiger partial charge in [-0.1, -0.05) is 0 Å². The predicted molar refractivity (Wildman–Crippen MR) is 92.5 cm³/mol. The number of nitrogens with zero attached hydrogens (tertiary/aromatic N) is 3. The summed E-state index contributed by atoms with van der Waals surface area (Å²) in [7, 11) is 0. The Kier molecular flexibility index (Phi) is 5.08. The van der Waals surface area contributed by atoms with Gasteiger partial charge in [0.1, 0.15) is 11.0 Å². The Morgan fingerprint density at radius 2 is 1.83 bits per heavy atom. The van der Waals surface area contributed by atoms with E-state index < -0.39 is 0 Å². The maximum atomic E-state index is 12.3. The van der Waals surface area contributed by atoms with Crippen LogP contribution in [0.5, 0.6) is 6.01 Å². The second-order valence-corrected chi connectivity index (χ2v) is 7.12. The van der Waals surface area contributed by atoms with Crippen LogP contribution in [0, 0.1) is 20.8 Å². The molecule has 0 aromatic carbocycles. The molecule has 0 spiro atoms. The quantitative estimate of drug-likeness (QED) is 0.921. The van der Waals surface area contributed by atoms with Gasteiger partial charge in [-0.3, -0.25) is 4.79 Å². The summed E-state index contributed by atoms with van der Waals surface area (Å²) >= 11 is 1.39. The van der Waals surface area contributed by atoms with Gasteiger partial charge in [0, 0.05) is 17.4 Å². The van der Waals surface area contributed by atoms with E-state index in [9.17, 15) is 4.79 Å². The highest BCUT2D eigenvalue weighted by molar-refractivity contribution is 7.11. The fourth-order valence-electron chi connectivity index (χ4n) is 2.99. The minimum atomic E-state index is -0.0167. The van der Waals surface area contributed by atoms with E-state index in [1.54, 1.807) is 5.51 Å². The normalized spacial score (nSPS) is 20.6. The zero-order valence-electron chi connectivity index (χ0n) is 14.2. The molecule has 1 N–H and O–H groups in total. The van der Waals surface area contributed by atoms with Crippen LogP contribution in [0.25, 0.3) is 0 Å². The van der Waals surface area contributed by atoms with Crippen molar-refractivity contribution in [2.75, 3.05) is 0 Å². The molecule has 7 heteroatoms. The molecule has 1 aliphatic rings. The molecule has 6 nitrogen and oxygen atoms in total. The van der Waals surface area contributed by atoms with Crippen molar-refractivity contribution in [3.63, 3.8) is 0 Å². The summed E-state index contributed by atoms with van der Waals surface area (Å²) in [6.07, 6.45) is 3.70. The van der Waals surface area contributed by atoms with Crippen LogP contribution in [-0.4, -0.2) is 33.0 Å². The number of ether oxygens (including phenoxy) is 1. The first kappa shape index (κ1) is 16.8. The molecule has 0 aliphatic heterocycles. The number of aromatic nitrogens is 3. The molecule has 2 heterocycles. The Bertz CT molecular complexity index is 703. The zero-order valence-corrected chi connectivity index (χ0v) is 15.0. The Morgan fingerprint density at radius 1 is 1.17 bits per heavy atom. The minimum absolute atomic E-state index is 0.0167. The molecular weight excluding hydrogens is 324 g/mol. The lowest BCUT2D eigenvalue weighted by molar-refractivity contribution is 0.0887. The minimum Gasteiger partial charge on any atom is -0.460 e. The average molecular weight is 346 g/mol. The second kappa shape index (κ2) is 7.25. The SMILES string of the molecule is Cc1cc(C)nc(OC2CCC(NC(=O)c3scnc3C)CC2)n1. The fraction of sp³-hybridized carbons (Fsp3) is 0.529. The number of hydrogen-bond donors (Lipinski definition) is 1. The van der Waals surface area contributed by atoms with Gasteiger partial charge in [-0.05, 0) is 52.5 Å². The highest BCUT2D eigenvalue weighted by Gasteiger charge is 2.25. The lowest BCUT2D eigenvalue weighted by Gasteiger charge is -2.28. The summed E-state index contributed by atoms with van der Waals surface area (Å²) in [4.78, 5) is 25.7. The van der Waals surface area contributed by atoms with Gasteiger partial charge in [-0.15, -0.1) is 11.3 Å². The lowest BCUT2D eigenvalue weighted by Crippen LogP contribution is -2.39. The van der Waals surface area contributed by atoms with Gasteiger partial charge in [0.05, 0.1) is 11.2 Å². The van der Waals surface area contributed by atoms with Crippen LogP contribution in [-0.2, 0) is 0 Å². The predicted octanol–water partition coefficient (Wildman–Crippen LogP) is 2.98. The molecule has 3 rings (SSSR count). The lowest BCUT2D eigenvalue weighted by atomic mass is 9.93. The van der Waals surface area contributed by atoms with Crippen molar-refractivity contribution >= 4 is 17.2 Å². The topological polar surface area (TPSA) is 77.0 Å². The van der Waals surface area contributed by atoms with E-state index >= 15 is 0 Å². The molecule has 2 aromatic heterocycles. The Balaban J connectivity index is 1.50. The number of nitrogens with one attached hydrogen (secondary N) is 1. The number of carbonyl (C=O) groups excluding carboxylic acids is 1. The maximum Gasteiger partial charge on any atom is 0.317 e. The van der Waals surface area contributed by atoms with Crippen molar-refractivity contribution < 1.29 is 9.53 Å². The standard InChI is InChI=1S/C17H22N4O2S/c1-10-8-11(2)20-17(19-10)23-14-6-4-13(5-7-14)21-16(22)15-12(3)18-9-24-15/h8-9,13-14H,4-7H2,1-3H3,(H,21,22).